The summed E-state index contributed by atoms with van der Waals surface area (Å²) in [7, 11) is -4.43. The number of halogens is 3. The average Bonchev–Trinajstić information content (AvgIpc) is 3.30. The highest BCUT2D eigenvalue weighted by atomic mass is 32.2. The summed E-state index contributed by atoms with van der Waals surface area (Å²) in [5.41, 5.74) is 3.78. The zero-order valence-corrected chi connectivity index (χ0v) is 17.8. The van der Waals surface area contributed by atoms with E-state index < -0.39 is 23.1 Å². The van der Waals surface area contributed by atoms with E-state index in [2.05, 4.69) is 6.92 Å². The van der Waals surface area contributed by atoms with Crippen molar-refractivity contribution in [3.05, 3.63) is 28.8 Å². The SMILES string of the molecule is C[C@]12CCC3=C(CCc4cc(OS(N)(=O)=O)c(OCC(F)(F)F)cc43)C13CC3C[C@@H]2O. The van der Waals surface area contributed by atoms with Gasteiger partial charge in [-0.2, -0.15) is 26.7 Å². The van der Waals surface area contributed by atoms with Gasteiger partial charge in [-0.3, -0.25) is 0 Å². The molecule has 4 aliphatic rings. The summed E-state index contributed by atoms with van der Waals surface area (Å²) < 4.78 is 70.8. The third-order valence-electron chi connectivity index (χ3n) is 7.90. The van der Waals surface area contributed by atoms with E-state index in [4.69, 9.17) is 14.1 Å². The summed E-state index contributed by atoms with van der Waals surface area (Å²) in [4.78, 5) is 0. The van der Waals surface area contributed by atoms with E-state index in [1.807, 2.05) is 0 Å². The number of benzene rings is 1. The van der Waals surface area contributed by atoms with Crippen molar-refractivity contribution in [3.8, 4) is 11.5 Å². The van der Waals surface area contributed by atoms with E-state index in [-0.39, 0.29) is 28.4 Å². The third-order valence-corrected chi connectivity index (χ3v) is 8.31. The summed E-state index contributed by atoms with van der Waals surface area (Å²) in [6, 6.07) is 2.88. The van der Waals surface area contributed by atoms with Crippen LogP contribution in [0.4, 0.5) is 13.2 Å². The molecule has 1 aromatic rings. The van der Waals surface area contributed by atoms with Crippen LogP contribution in [0.3, 0.4) is 0 Å². The molecule has 1 aromatic carbocycles. The van der Waals surface area contributed by atoms with Crippen LogP contribution in [0.1, 0.15) is 50.2 Å². The van der Waals surface area contributed by atoms with Crippen molar-refractivity contribution in [2.24, 2.45) is 21.9 Å². The van der Waals surface area contributed by atoms with Gasteiger partial charge in [0.05, 0.1) is 6.10 Å². The second kappa shape index (κ2) is 6.39. The molecule has 0 heterocycles. The maximum atomic E-state index is 12.8. The van der Waals surface area contributed by atoms with Gasteiger partial charge in [0.1, 0.15) is 0 Å². The van der Waals surface area contributed by atoms with Crippen LogP contribution in [0, 0.1) is 16.7 Å². The van der Waals surface area contributed by atoms with Crippen molar-refractivity contribution < 1.29 is 35.6 Å². The van der Waals surface area contributed by atoms with Crippen LogP contribution >= 0.6 is 0 Å². The topological polar surface area (TPSA) is 98.9 Å². The van der Waals surface area contributed by atoms with Gasteiger partial charge in [-0.1, -0.05) is 12.5 Å². The molecule has 0 bridgehead atoms. The number of aryl methyl sites for hydroxylation is 1. The number of rotatable bonds is 4. The molecule has 0 radical (unpaired) electrons. The molecule has 0 amide bonds. The monoisotopic (exact) mass is 459 g/mol. The van der Waals surface area contributed by atoms with Crippen molar-refractivity contribution in [1.29, 1.82) is 0 Å². The zero-order chi connectivity index (χ0) is 22.4. The van der Waals surface area contributed by atoms with E-state index >= 15 is 0 Å². The zero-order valence-electron chi connectivity index (χ0n) is 17.0. The summed E-state index contributed by atoms with van der Waals surface area (Å²) in [5.74, 6) is -0.192. The number of nitrogens with two attached hydrogens (primary N) is 1. The molecule has 170 valence electrons. The third kappa shape index (κ3) is 3.17. The fourth-order valence-corrected chi connectivity index (χ4v) is 6.91. The van der Waals surface area contributed by atoms with Crippen LogP contribution in [-0.4, -0.2) is 32.4 Å². The van der Waals surface area contributed by atoms with Crippen LogP contribution in [0.2, 0.25) is 0 Å². The standard InChI is InChI=1S/C21H24F3NO5S/c1-19-5-4-13-14-8-16(29-10-21(22,23)24)17(30-31(25,27)28)6-11(14)2-3-15(13)20(19)9-12(20)7-18(19)26/h6,8,12,18,26H,2-5,7,9-10H2,1H3,(H2,25,27,28)/t12?,18-,19+,20?/m0/s1. The second-order valence-electron chi connectivity index (χ2n) is 9.43. The number of aliphatic hydroxyl groups excluding tert-OH is 1. The molecule has 6 nitrogen and oxygen atoms in total. The molecule has 2 unspecified atom stereocenters. The first kappa shape index (κ1) is 21.1. The van der Waals surface area contributed by atoms with E-state index in [0.29, 0.717) is 18.8 Å². The number of aliphatic hydroxyl groups is 1. The molecule has 5 rings (SSSR count). The van der Waals surface area contributed by atoms with Gasteiger partial charge < -0.3 is 14.0 Å². The molecule has 0 aromatic heterocycles. The van der Waals surface area contributed by atoms with Gasteiger partial charge in [0, 0.05) is 10.8 Å². The number of fused-ring (bicyclic) bond motifs is 2. The molecular formula is C21H24F3NO5S. The lowest BCUT2D eigenvalue weighted by Crippen LogP contribution is -2.41. The molecule has 0 aliphatic heterocycles. The normalized spacial score (nSPS) is 33.9. The van der Waals surface area contributed by atoms with Crippen molar-refractivity contribution in [2.45, 2.75) is 57.7 Å². The molecule has 2 saturated carbocycles. The minimum atomic E-state index is -4.59. The minimum absolute atomic E-state index is 0.0273. The highest BCUT2D eigenvalue weighted by Gasteiger charge is 2.74. The Balaban J connectivity index is 1.59. The summed E-state index contributed by atoms with van der Waals surface area (Å²) in [6.07, 6.45) is -0.201. The Labute approximate surface area is 178 Å². The molecule has 0 saturated heterocycles. The maximum absolute atomic E-state index is 12.8. The molecule has 4 atom stereocenters. The summed E-state index contributed by atoms with van der Waals surface area (Å²) >= 11 is 0. The molecule has 3 N–H and O–H groups in total. The smallest absolute Gasteiger partial charge is 0.422 e. The predicted octanol–water partition coefficient (Wildman–Crippen LogP) is 3.48. The lowest BCUT2D eigenvalue weighted by molar-refractivity contribution is -0.153. The Bertz CT molecular complexity index is 1100. The Morgan fingerprint density at radius 1 is 1.23 bits per heavy atom. The molecule has 1 spiro atoms. The van der Waals surface area contributed by atoms with Gasteiger partial charge in [0.15, 0.2) is 18.1 Å². The van der Waals surface area contributed by atoms with Gasteiger partial charge >= 0.3 is 16.5 Å². The van der Waals surface area contributed by atoms with Crippen molar-refractivity contribution in [1.82, 2.24) is 0 Å². The first-order chi connectivity index (χ1) is 14.3. The number of hydrogen-bond acceptors (Lipinski definition) is 5. The second-order valence-corrected chi connectivity index (χ2v) is 10.6. The summed E-state index contributed by atoms with van der Waals surface area (Å²) in [5, 5.41) is 15.6. The van der Waals surface area contributed by atoms with Crippen LogP contribution in [0.5, 0.6) is 11.5 Å². The van der Waals surface area contributed by atoms with Gasteiger partial charge in [-0.15, -0.1) is 0 Å². The maximum Gasteiger partial charge on any atom is 0.422 e. The van der Waals surface area contributed by atoms with Crippen LogP contribution in [0.25, 0.3) is 5.57 Å². The Morgan fingerprint density at radius 2 is 1.97 bits per heavy atom. The van der Waals surface area contributed by atoms with Crippen LogP contribution < -0.4 is 14.1 Å². The Hall–Kier alpha value is -1.78. The molecule has 10 heteroatoms. The van der Waals surface area contributed by atoms with E-state index in [1.54, 1.807) is 0 Å². The summed E-state index contributed by atoms with van der Waals surface area (Å²) in [6.45, 7) is 0.583. The fraction of sp³-hybridized carbons (Fsp3) is 0.619. The average molecular weight is 459 g/mol. The first-order valence-electron chi connectivity index (χ1n) is 10.3. The predicted molar refractivity (Wildman–Crippen MR) is 105 cm³/mol. The van der Waals surface area contributed by atoms with Crippen LogP contribution in [0.15, 0.2) is 17.7 Å². The Morgan fingerprint density at radius 3 is 2.65 bits per heavy atom. The largest absolute Gasteiger partial charge is 0.480 e. The molecule has 2 fully saturated rings. The van der Waals surface area contributed by atoms with E-state index in [1.165, 1.54) is 17.7 Å². The van der Waals surface area contributed by atoms with Gasteiger partial charge in [0.25, 0.3) is 0 Å². The highest BCUT2D eigenvalue weighted by Crippen LogP contribution is 2.80. The number of hydrogen-bond donors (Lipinski definition) is 2. The van der Waals surface area contributed by atoms with Crippen LogP contribution in [-0.2, 0) is 16.7 Å². The lowest BCUT2D eigenvalue weighted by atomic mass is 9.59. The Kier molecular flexibility index (Phi) is 4.34. The lowest BCUT2D eigenvalue weighted by Gasteiger charge is -2.46. The van der Waals surface area contributed by atoms with Gasteiger partial charge in [0.2, 0.25) is 0 Å². The van der Waals surface area contributed by atoms with E-state index in [9.17, 15) is 26.7 Å². The van der Waals surface area contributed by atoms with Crippen molar-refractivity contribution >= 4 is 15.9 Å². The van der Waals surface area contributed by atoms with E-state index in [0.717, 1.165) is 42.4 Å². The fourth-order valence-electron chi connectivity index (χ4n) is 6.53. The first-order valence-corrected chi connectivity index (χ1v) is 11.8. The van der Waals surface area contributed by atoms with Gasteiger partial charge in [-0.25, -0.2) is 0 Å². The quantitative estimate of drug-likeness (QED) is 0.718. The minimum Gasteiger partial charge on any atom is -0.480 e. The van der Waals surface area contributed by atoms with Crippen molar-refractivity contribution in [3.63, 3.8) is 0 Å². The highest BCUT2D eigenvalue weighted by molar-refractivity contribution is 7.84. The number of allylic oxidation sites excluding steroid dienone is 2. The number of alkyl halides is 3. The molecular weight excluding hydrogens is 435 g/mol. The molecule has 4 aliphatic carbocycles. The molecule has 31 heavy (non-hydrogen) atoms. The van der Waals surface area contributed by atoms with Crippen molar-refractivity contribution in [2.75, 3.05) is 6.61 Å². The number of ether oxygens (including phenoxy) is 1. The van der Waals surface area contributed by atoms with Gasteiger partial charge in [-0.05, 0) is 73.3 Å².